The third kappa shape index (κ3) is 3.30. The van der Waals surface area contributed by atoms with Gasteiger partial charge < -0.3 is 5.73 Å². The first-order valence-electron chi connectivity index (χ1n) is 5.87. The Morgan fingerprint density at radius 1 is 1.25 bits per heavy atom. The molecule has 2 rings (SSSR count). The van der Waals surface area contributed by atoms with Crippen LogP contribution in [0.5, 0.6) is 0 Å². The van der Waals surface area contributed by atoms with Crippen LogP contribution in [0.2, 0.25) is 0 Å². The molecule has 0 radical (unpaired) electrons. The molecule has 1 unspecified atom stereocenters. The minimum atomic E-state index is -4.40. The molecule has 1 heterocycles. The standard InChI is InChI=1S/C13H14F3N3S/c14-13(15,16)8-3-4-11(17)10(6-8)12(19-18)7-9-2-1-5-20-9/h1-6,12,19H,7,17-18H2. The number of thiophene rings is 1. The van der Waals surface area contributed by atoms with Crippen LogP contribution in [0.3, 0.4) is 0 Å². The maximum atomic E-state index is 12.8. The molecule has 20 heavy (non-hydrogen) atoms. The van der Waals surface area contributed by atoms with Gasteiger partial charge in [0.25, 0.3) is 0 Å². The number of rotatable bonds is 4. The fourth-order valence-corrected chi connectivity index (χ4v) is 2.69. The molecule has 0 saturated heterocycles. The second kappa shape index (κ2) is 5.82. The summed E-state index contributed by atoms with van der Waals surface area (Å²) in [5, 5.41) is 1.90. The number of alkyl halides is 3. The number of hydrogen-bond donors (Lipinski definition) is 3. The molecule has 0 saturated carbocycles. The lowest BCUT2D eigenvalue weighted by molar-refractivity contribution is -0.137. The molecule has 5 N–H and O–H groups in total. The summed E-state index contributed by atoms with van der Waals surface area (Å²) < 4.78 is 38.3. The Morgan fingerprint density at radius 3 is 2.55 bits per heavy atom. The molecule has 1 atom stereocenters. The van der Waals surface area contributed by atoms with Crippen molar-refractivity contribution in [3.63, 3.8) is 0 Å². The molecule has 0 aliphatic heterocycles. The number of nitrogens with two attached hydrogens (primary N) is 2. The Hall–Kier alpha value is -1.57. The Bertz CT molecular complexity index is 567. The molecule has 0 amide bonds. The van der Waals surface area contributed by atoms with E-state index in [2.05, 4.69) is 5.43 Å². The zero-order valence-electron chi connectivity index (χ0n) is 10.4. The summed E-state index contributed by atoms with van der Waals surface area (Å²) in [6.45, 7) is 0. The van der Waals surface area contributed by atoms with Crippen molar-refractivity contribution in [1.82, 2.24) is 5.43 Å². The molecule has 3 nitrogen and oxygen atoms in total. The average Bonchev–Trinajstić information content (AvgIpc) is 2.88. The lowest BCUT2D eigenvalue weighted by atomic mass is 9.99. The van der Waals surface area contributed by atoms with Gasteiger partial charge in [-0.2, -0.15) is 13.2 Å². The van der Waals surface area contributed by atoms with Crippen LogP contribution in [0.1, 0.15) is 22.0 Å². The number of halogens is 3. The second-order valence-electron chi connectivity index (χ2n) is 4.34. The van der Waals surface area contributed by atoms with E-state index < -0.39 is 17.8 Å². The van der Waals surface area contributed by atoms with Crippen LogP contribution in [0.25, 0.3) is 0 Å². The predicted octanol–water partition coefficient (Wildman–Crippen LogP) is 3.10. The van der Waals surface area contributed by atoms with E-state index in [0.29, 0.717) is 12.0 Å². The molecule has 0 aliphatic carbocycles. The highest BCUT2D eigenvalue weighted by Crippen LogP contribution is 2.34. The fourth-order valence-electron chi connectivity index (χ4n) is 1.94. The molecule has 0 bridgehead atoms. The Labute approximate surface area is 118 Å². The van der Waals surface area contributed by atoms with E-state index in [9.17, 15) is 13.2 Å². The van der Waals surface area contributed by atoms with Crippen molar-refractivity contribution >= 4 is 17.0 Å². The molecule has 1 aromatic heterocycles. The molecule has 0 aliphatic rings. The van der Waals surface area contributed by atoms with Crippen LogP contribution in [0.4, 0.5) is 18.9 Å². The van der Waals surface area contributed by atoms with Crippen molar-refractivity contribution in [1.29, 1.82) is 0 Å². The Balaban J connectivity index is 2.33. The fraction of sp³-hybridized carbons (Fsp3) is 0.231. The third-order valence-corrected chi connectivity index (χ3v) is 3.87. The van der Waals surface area contributed by atoms with Gasteiger partial charge in [0.2, 0.25) is 0 Å². The number of nitrogens with one attached hydrogen (secondary N) is 1. The summed E-state index contributed by atoms with van der Waals surface area (Å²) in [6, 6.07) is 6.60. The number of anilines is 1. The molecule has 7 heteroatoms. The highest BCUT2D eigenvalue weighted by molar-refractivity contribution is 7.09. The zero-order valence-corrected chi connectivity index (χ0v) is 11.3. The van der Waals surface area contributed by atoms with Gasteiger partial charge in [-0.05, 0) is 35.2 Å². The molecule has 0 fully saturated rings. The van der Waals surface area contributed by atoms with Crippen molar-refractivity contribution in [3.8, 4) is 0 Å². The molecular weight excluding hydrogens is 287 g/mol. The van der Waals surface area contributed by atoms with Gasteiger partial charge in [0.05, 0.1) is 11.6 Å². The van der Waals surface area contributed by atoms with Crippen molar-refractivity contribution in [2.24, 2.45) is 5.84 Å². The summed E-state index contributed by atoms with van der Waals surface area (Å²) in [5.74, 6) is 5.47. The largest absolute Gasteiger partial charge is 0.416 e. The third-order valence-electron chi connectivity index (χ3n) is 2.98. The van der Waals surface area contributed by atoms with Crippen LogP contribution < -0.4 is 17.0 Å². The lowest BCUT2D eigenvalue weighted by Gasteiger charge is -2.19. The van der Waals surface area contributed by atoms with Crippen LogP contribution in [0.15, 0.2) is 35.7 Å². The van der Waals surface area contributed by atoms with E-state index in [-0.39, 0.29) is 5.69 Å². The van der Waals surface area contributed by atoms with Crippen molar-refractivity contribution in [2.75, 3.05) is 5.73 Å². The Morgan fingerprint density at radius 2 is 2.00 bits per heavy atom. The van der Waals surface area contributed by atoms with E-state index in [4.69, 9.17) is 11.6 Å². The number of nitrogen functional groups attached to an aromatic ring is 1. The van der Waals surface area contributed by atoms with Crippen molar-refractivity contribution < 1.29 is 13.2 Å². The van der Waals surface area contributed by atoms with Gasteiger partial charge in [-0.3, -0.25) is 11.3 Å². The van der Waals surface area contributed by atoms with E-state index in [1.807, 2.05) is 17.5 Å². The summed E-state index contributed by atoms with van der Waals surface area (Å²) in [7, 11) is 0. The van der Waals surface area contributed by atoms with E-state index in [0.717, 1.165) is 17.0 Å². The van der Waals surface area contributed by atoms with Gasteiger partial charge in [-0.15, -0.1) is 11.3 Å². The number of hydrogen-bond acceptors (Lipinski definition) is 4. The topological polar surface area (TPSA) is 64.1 Å². The first-order valence-corrected chi connectivity index (χ1v) is 6.75. The van der Waals surface area contributed by atoms with Gasteiger partial charge in [0, 0.05) is 17.0 Å². The van der Waals surface area contributed by atoms with Gasteiger partial charge in [-0.1, -0.05) is 6.07 Å². The maximum Gasteiger partial charge on any atom is 0.416 e. The quantitative estimate of drug-likeness (QED) is 0.462. The van der Waals surface area contributed by atoms with Crippen LogP contribution in [0, 0.1) is 0 Å². The minimum absolute atomic E-state index is 0.289. The molecule has 0 spiro atoms. The molecule has 108 valence electrons. The predicted molar refractivity (Wildman–Crippen MR) is 73.9 cm³/mol. The summed E-state index contributed by atoms with van der Waals surface area (Å²) in [4.78, 5) is 1.02. The second-order valence-corrected chi connectivity index (χ2v) is 5.38. The molecular formula is C13H14F3N3S. The van der Waals surface area contributed by atoms with Crippen LogP contribution in [-0.2, 0) is 12.6 Å². The maximum absolute atomic E-state index is 12.8. The van der Waals surface area contributed by atoms with Gasteiger partial charge in [-0.25, -0.2) is 0 Å². The monoisotopic (exact) mass is 301 g/mol. The lowest BCUT2D eigenvalue weighted by Crippen LogP contribution is -2.30. The van der Waals surface area contributed by atoms with E-state index in [1.165, 1.54) is 17.4 Å². The average molecular weight is 301 g/mol. The molecule has 1 aromatic carbocycles. The van der Waals surface area contributed by atoms with Gasteiger partial charge >= 0.3 is 6.18 Å². The summed E-state index contributed by atoms with van der Waals surface area (Å²) in [6.07, 6.45) is -3.91. The Kier molecular flexibility index (Phi) is 4.32. The number of hydrazine groups is 1. The minimum Gasteiger partial charge on any atom is -0.398 e. The number of benzene rings is 1. The summed E-state index contributed by atoms with van der Waals surface area (Å²) >= 11 is 1.52. The zero-order chi connectivity index (χ0) is 14.8. The highest BCUT2D eigenvalue weighted by atomic mass is 32.1. The van der Waals surface area contributed by atoms with Crippen LogP contribution >= 0.6 is 11.3 Å². The van der Waals surface area contributed by atoms with E-state index >= 15 is 0 Å². The normalized spacial score (nSPS) is 13.4. The smallest absolute Gasteiger partial charge is 0.398 e. The van der Waals surface area contributed by atoms with Crippen molar-refractivity contribution in [3.05, 3.63) is 51.7 Å². The first-order chi connectivity index (χ1) is 9.41. The van der Waals surface area contributed by atoms with Gasteiger partial charge in [0.15, 0.2) is 0 Å². The highest BCUT2D eigenvalue weighted by Gasteiger charge is 2.31. The first kappa shape index (κ1) is 14.8. The summed E-state index contributed by atoms with van der Waals surface area (Å²) in [5.41, 5.74) is 8.23. The van der Waals surface area contributed by atoms with E-state index in [1.54, 1.807) is 0 Å². The van der Waals surface area contributed by atoms with Crippen LogP contribution in [-0.4, -0.2) is 0 Å². The SMILES string of the molecule is NNC(Cc1cccs1)c1cc(C(F)(F)F)ccc1N. The van der Waals surface area contributed by atoms with Crippen molar-refractivity contribution in [2.45, 2.75) is 18.6 Å². The van der Waals surface area contributed by atoms with Gasteiger partial charge in [0.1, 0.15) is 0 Å². The molecule has 2 aromatic rings.